The molecule has 0 amide bonds. The summed E-state index contributed by atoms with van der Waals surface area (Å²) in [5, 5.41) is 10.2. The molecule has 0 unspecified atom stereocenters. The van der Waals surface area contributed by atoms with Crippen LogP contribution in [-0.2, 0) is 0 Å². The van der Waals surface area contributed by atoms with Crippen molar-refractivity contribution in [3.8, 4) is 0 Å². The second-order valence-corrected chi connectivity index (χ2v) is 6.07. The van der Waals surface area contributed by atoms with Crippen LogP contribution in [0.15, 0.2) is 37.1 Å². The van der Waals surface area contributed by atoms with E-state index < -0.39 is 0 Å². The van der Waals surface area contributed by atoms with Crippen molar-refractivity contribution in [3.05, 3.63) is 37.1 Å². The third kappa shape index (κ3) is 2.52. The van der Waals surface area contributed by atoms with E-state index >= 15 is 0 Å². The monoisotopic (exact) mass is 321 g/mol. The minimum Gasteiger partial charge on any atom is -0.369 e. The minimum absolute atomic E-state index is 0.846. The Morgan fingerprint density at radius 3 is 2.83 bits per heavy atom. The molecule has 0 radical (unpaired) electrons. The van der Waals surface area contributed by atoms with Crippen LogP contribution in [0.1, 0.15) is 6.42 Å². The average molecular weight is 321 g/mol. The number of hydrogen-bond donors (Lipinski definition) is 1. The molecule has 4 aromatic heterocycles. The van der Waals surface area contributed by atoms with Crippen LogP contribution < -0.4 is 5.32 Å². The number of nitrogens with zero attached hydrogens (tertiary/aromatic N) is 6. The predicted octanol–water partition coefficient (Wildman–Crippen LogP) is 2.19. The fourth-order valence-corrected chi connectivity index (χ4v) is 2.88. The fourth-order valence-electron chi connectivity index (χ4n) is 2.88. The van der Waals surface area contributed by atoms with E-state index in [2.05, 4.69) is 39.4 Å². The lowest BCUT2D eigenvalue weighted by molar-refractivity contribution is 0.405. The number of hydrogen-bond acceptors (Lipinski definition) is 6. The maximum atomic E-state index is 4.83. The Morgan fingerprint density at radius 2 is 1.96 bits per heavy atom. The third-order valence-corrected chi connectivity index (χ3v) is 4.04. The maximum absolute atomic E-state index is 4.83. The Labute approximate surface area is 139 Å². The molecule has 0 bridgehead atoms. The molecular formula is C17H19N7. The molecule has 1 N–H and O–H groups in total. The van der Waals surface area contributed by atoms with Crippen LogP contribution in [-0.4, -0.2) is 56.7 Å². The van der Waals surface area contributed by atoms with Crippen molar-refractivity contribution in [2.24, 2.45) is 0 Å². The Bertz CT molecular complexity index is 1010. The molecule has 122 valence electrons. The van der Waals surface area contributed by atoms with Crippen LogP contribution in [0.4, 0.5) is 5.82 Å². The van der Waals surface area contributed by atoms with Crippen LogP contribution in [0.25, 0.3) is 27.3 Å². The first-order valence-corrected chi connectivity index (χ1v) is 7.98. The van der Waals surface area contributed by atoms with Gasteiger partial charge in [0.2, 0.25) is 0 Å². The number of nitrogens with one attached hydrogen (secondary N) is 1. The lowest BCUT2D eigenvalue weighted by Crippen LogP contribution is -2.16. The minimum atomic E-state index is 0.846. The van der Waals surface area contributed by atoms with Crippen molar-refractivity contribution in [1.29, 1.82) is 0 Å². The second-order valence-electron chi connectivity index (χ2n) is 6.07. The predicted molar refractivity (Wildman–Crippen MR) is 95.2 cm³/mol. The Hall–Kier alpha value is -2.80. The van der Waals surface area contributed by atoms with Gasteiger partial charge in [-0.2, -0.15) is 5.10 Å². The largest absolute Gasteiger partial charge is 0.369 e. The van der Waals surface area contributed by atoms with E-state index in [1.807, 2.05) is 23.0 Å². The summed E-state index contributed by atoms with van der Waals surface area (Å²) < 4.78 is 1.81. The summed E-state index contributed by atoms with van der Waals surface area (Å²) in [4.78, 5) is 15.5. The highest BCUT2D eigenvalue weighted by molar-refractivity contribution is 6.11. The smallest absolute Gasteiger partial charge is 0.134 e. The van der Waals surface area contributed by atoms with Gasteiger partial charge in [0.05, 0.1) is 6.20 Å². The van der Waals surface area contributed by atoms with Crippen molar-refractivity contribution in [3.63, 3.8) is 0 Å². The average Bonchev–Trinajstić information content (AvgIpc) is 2.97. The van der Waals surface area contributed by atoms with Gasteiger partial charge in [-0.05, 0) is 33.1 Å². The fraction of sp³-hybridized carbons (Fsp3) is 0.294. The van der Waals surface area contributed by atoms with Gasteiger partial charge >= 0.3 is 0 Å². The van der Waals surface area contributed by atoms with E-state index in [1.165, 1.54) is 0 Å². The molecule has 0 atom stereocenters. The van der Waals surface area contributed by atoms with Gasteiger partial charge in [0.25, 0.3) is 0 Å². The summed E-state index contributed by atoms with van der Waals surface area (Å²) in [7, 11) is 4.16. The SMILES string of the molecule is CN(C)CCCNc1nc2c(nn3ccncc23)c2cnccc12. The molecular weight excluding hydrogens is 302 g/mol. The highest BCUT2D eigenvalue weighted by Crippen LogP contribution is 2.29. The summed E-state index contributed by atoms with van der Waals surface area (Å²) >= 11 is 0. The van der Waals surface area contributed by atoms with Gasteiger partial charge in [0, 0.05) is 42.1 Å². The molecule has 4 rings (SSSR count). The van der Waals surface area contributed by atoms with Gasteiger partial charge in [-0.3, -0.25) is 9.97 Å². The van der Waals surface area contributed by atoms with Gasteiger partial charge < -0.3 is 10.2 Å². The zero-order valence-corrected chi connectivity index (χ0v) is 13.8. The van der Waals surface area contributed by atoms with Gasteiger partial charge in [-0.15, -0.1) is 0 Å². The quantitative estimate of drug-likeness (QED) is 0.568. The molecule has 0 aromatic carbocycles. The first kappa shape index (κ1) is 14.8. The van der Waals surface area contributed by atoms with Crippen molar-refractivity contribution in [2.75, 3.05) is 32.5 Å². The molecule has 7 heteroatoms. The third-order valence-electron chi connectivity index (χ3n) is 4.04. The van der Waals surface area contributed by atoms with Crippen LogP contribution in [0.5, 0.6) is 0 Å². The van der Waals surface area contributed by atoms with Crippen LogP contribution in [0.2, 0.25) is 0 Å². The standard InChI is InChI=1S/C17H19N7/c1-23(2)8-3-5-20-17-12-4-6-18-10-13(12)15-16(21-17)14-11-19-7-9-24(14)22-15/h4,6-7,9-11H,3,5,8H2,1-2H3,(H,20,21). The van der Waals surface area contributed by atoms with Crippen molar-refractivity contribution >= 4 is 33.1 Å². The number of aromatic nitrogens is 5. The highest BCUT2D eigenvalue weighted by atomic mass is 15.2. The van der Waals surface area contributed by atoms with Gasteiger partial charge in [-0.25, -0.2) is 9.50 Å². The maximum Gasteiger partial charge on any atom is 0.134 e. The number of pyridine rings is 2. The molecule has 0 saturated heterocycles. The summed E-state index contributed by atoms with van der Waals surface area (Å²) in [5.74, 6) is 0.873. The summed E-state index contributed by atoms with van der Waals surface area (Å²) in [6.45, 7) is 1.90. The van der Waals surface area contributed by atoms with Crippen molar-refractivity contribution in [1.82, 2.24) is 29.5 Å². The number of rotatable bonds is 5. The molecule has 0 aliphatic rings. The number of anilines is 1. The van der Waals surface area contributed by atoms with E-state index in [4.69, 9.17) is 4.98 Å². The molecule has 4 heterocycles. The molecule has 0 fully saturated rings. The molecule has 0 aliphatic heterocycles. The topological polar surface area (TPSA) is 71.2 Å². The van der Waals surface area contributed by atoms with E-state index in [1.54, 1.807) is 18.6 Å². The van der Waals surface area contributed by atoms with E-state index in [0.29, 0.717) is 0 Å². The Balaban J connectivity index is 1.83. The molecule has 0 saturated carbocycles. The van der Waals surface area contributed by atoms with E-state index in [-0.39, 0.29) is 0 Å². The Kier molecular flexibility index (Phi) is 3.70. The lowest BCUT2D eigenvalue weighted by Gasteiger charge is -2.11. The Morgan fingerprint density at radius 1 is 1.08 bits per heavy atom. The zero-order chi connectivity index (χ0) is 16.5. The highest BCUT2D eigenvalue weighted by Gasteiger charge is 2.14. The normalized spacial score (nSPS) is 11.8. The van der Waals surface area contributed by atoms with Gasteiger partial charge in [0.15, 0.2) is 0 Å². The van der Waals surface area contributed by atoms with Gasteiger partial charge in [-0.1, -0.05) is 0 Å². The lowest BCUT2D eigenvalue weighted by atomic mass is 10.1. The zero-order valence-electron chi connectivity index (χ0n) is 13.8. The van der Waals surface area contributed by atoms with Crippen LogP contribution in [0.3, 0.4) is 0 Å². The molecule has 24 heavy (non-hydrogen) atoms. The van der Waals surface area contributed by atoms with Crippen molar-refractivity contribution < 1.29 is 0 Å². The van der Waals surface area contributed by atoms with Gasteiger partial charge in [0.1, 0.15) is 22.4 Å². The van der Waals surface area contributed by atoms with Crippen LogP contribution in [0, 0.1) is 0 Å². The first-order valence-electron chi connectivity index (χ1n) is 7.98. The summed E-state index contributed by atoms with van der Waals surface area (Å²) in [6.07, 6.45) is 10.0. The first-order chi connectivity index (χ1) is 11.7. The van der Waals surface area contributed by atoms with E-state index in [9.17, 15) is 0 Å². The summed E-state index contributed by atoms with van der Waals surface area (Å²) in [5.41, 5.74) is 2.60. The van der Waals surface area contributed by atoms with Crippen LogP contribution >= 0.6 is 0 Å². The molecule has 4 aromatic rings. The molecule has 0 spiro atoms. The molecule has 7 nitrogen and oxygen atoms in total. The summed E-state index contributed by atoms with van der Waals surface area (Å²) in [6, 6.07) is 1.98. The molecule has 0 aliphatic carbocycles. The van der Waals surface area contributed by atoms with E-state index in [0.717, 1.165) is 52.7 Å². The second kappa shape index (κ2) is 6.01. The van der Waals surface area contributed by atoms with Crippen molar-refractivity contribution in [2.45, 2.75) is 6.42 Å². The number of fused-ring (bicyclic) bond motifs is 5.